The predicted octanol–water partition coefficient (Wildman–Crippen LogP) is -2.39. The zero-order valence-corrected chi connectivity index (χ0v) is 10.4. The van der Waals surface area contributed by atoms with Crippen LogP contribution in [-0.4, -0.2) is 37.8 Å². The van der Waals surface area contributed by atoms with Crippen LogP contribution in [0.1, 0.15) is 13.3 Å². The zero-order valence-electron chi connectivity index (χ0n) is 6.38. The van der Waals surface area contributed by atoms with Gasteiger partial charge in [-0.05, 0) is 6.92 Å². The smallest absolute Gasteiger partial charge is 0.310 e. The molecule has 0 aliphatic rings. The van der Waals surface area contributed by atoms with Gasteiger partial charge in [-0.2, -0.15) is 0 Å². The van der Waals surface area contributed by atoms with E-state index in [9.17, 15) is 9.59 Å². The molecule has 0 saturated heterocycles. The maximum atomic E-state index is 9.87. The van der Waals surface area contributed by atoms with Crippen LogP contribution in [0.3, 0.4) is 0 Å². The van der Waals surface area contributed by atoms with E-state index in [0.29, 0.717) is 0 Å². The fourth-order valence-corrected chi connectivity index (χ4v) is 0.213. The molecule has 60 valence electrons. The molecule has 0 aromatic heterocycles. The van der Waals surface area contributed by atoms with Gasteiger partial charge in [0.15, 0.2) is 0 Å². The topological polar surface area (TPSA) is 63.6 Å². The van der Waals surface area contributed by atoms with Crippen LogP contribution in [0.15, 0.2) is 0 Å². The van der Waals surface area contributed by atoms with Crippen molar-refractivity contribution in [2.24, 2.45) is 0 Å². The minimum atomic E-state index is -1.06. The molecule has 0 saturated carbocycles. The minimum Gasteiger partial charge on any atom is -0.481 e. The van der Waals surface area contributed by atoms with Gasteiger partial charge < -0.3 is 9.22 Å². The van der Waals surface area contributed by atoms with Crippen molar-refractivity contribution in [1.82, 2.24) is 0 Å². The monoisotopic (exact) mass is 180 g/mol. The van der Waals surface area contributed by atoms with Gasteiger partial charge in [-0.1, -0.05) is 0 Å². The average molecular weight is 180 g/mol. The molecular weight excluding hydrogens is 168 g/mol. The number of Topliss-reactive ketones (excluding diaryl/α,β-unsaturated/α-hetero) is 1. The zero-order chi connectivity index (χ0) is 8.57. The third kappa shape index (κ3) is 25.8. The van der Waals surface area contributed by atoms with Gasteiger partial charge >= 0.3 is 5.97 Å². The van der Waals surface area contributed by atoms with Gasteiger partial charge in [0.2, 0.25) is 0 Å². The maximum Gasteiger partial charge on any atom is 0.310 e. The molecule has 0 atom stereocenters. The summed E-state index contributed by atoms with van der Waals surface area (Å²) in [7, 11) is 1.86. The number of hydrogen-bond donors (Lipinski definition) is 1. The Morgan fingerprint density at radius 3 is 1.80 bits per heavy atom. The lowest BCUT2D eigenvalue weighted by Crippen LogP contribution is -2.00. The summed E-state index contributed by atoms with van der Waals surface area (Å²) in [5, 5.41) is 7.86. The summed E-state index contributed by atoms with van der Waals surface area (Å²) in [6.45, 7) is 1.24. The average Bonchev–Trinajstić information content (AvgIpc) is 1.62. The fraction of sp³-hybridized carbons (Fsp3) is 0.500. The van der Waals surface area contributed by atoms with Crippen molar-refractivity contribution in [1.29, 1.82) is 0 Å². The van der Waals surface area contributed by atoms with E-state index >= 15 is 0 Å². The van der Waals surface area contributed by atoms with E-state index in [1.807, 2.05) is 0 Å². The number of carboxylic acid groups (broad SMARTS) is 1. The maximum absolute atomic E-state index is 9.87. The Labute approximate surface area is 65.7 Å². The Morgan fingerprint density at radius 1 is 1.50 bits per heavy atom. The third-order valence-corrected chi connectivity index (χ3v) is 0.400. The van der Waals surface area contributed by atoms with Gasteiger partial charge in [0.1, 0.15) is 33.2 Å². The Morgan fingerprint density at radius 2 is 1.80 bits per heavy atom. The van der Waals surface area contributed by atoms with E-state index in [0.717, 1.165) is 21.0 Å². The summed E-state index contributed by atoms with van der Waals surface area (Å²) >= 11 is 0. The van der Waals surface area contributed by atoms with E-state index < -0.39 is 5.97 Å². The summed E-state index contributed by atoms with van der Waals surface area (Å²) in [5.41, 5.74) is 0. The number of aliphatic carboxylic acids is 1. The van der Waals surface area contributed by atoms with Crippen LogP contribution < -0.4 is 0 Å². The highest BCUT2D eigenvalue weighted by molar-refractivity contribution is 6.15. The highest BCUT2D eigenvalue weighted by Crippen LogP contribution is 1.77. The van der Waals surface area contributed by atoms with Gasteiger partial charge in [0, 0.05) is 0 Å². The van der Waals surface area contributed by atoms with E-state index in [1.54, 1.807) is 0 Å². The van der Waals surface area contributed by atoms with Crippen molar-refractivity contribution >= 4 is 32.7 Å². The minimum absolute atomic E-state index is 0.312. The van der Waals surface area contributed by atoms with E-state index in [4.69, 9.17) is 5.11 Å². The van der Waals surface area contributed by atoms with Crippen molar-refractivity contribution in [3.8, 4) is 0 Å². The Bertz CT molecular complexity index is 102. The van der Waals surface area contributed by atoms with Crippen molar-refractivity contribution in [2.75, 3.05) is 0 Å². The summed E-state index contributed by atoms with van der Waals surface area (Å²) in [4.78, 5) is 19.5. The molecule has 0 aromatic carbocycles. The third-order valence-electron chi connectivity index (χ3n) is 0.400. The van der Waals surface area contributed by atoms with Crippen LogP contribution in [0.2, 0.25) is 0 Å². The fourth-order valence-electron chi connectivity index (χ4n) is 0.213. The number of carbonyl (C=O) groups is 2. The Kier molecular flexibility index (Phi) is 10.4. The number of hydrogen-bond acceptors (Lipinski definition) is 3. The van der Waals surface area contributed by atoms with Gasteiger partial charge in [-0.15, -0.1) is 0 Å². The molecule has 1 N–H and O–H groups in total. The van der Waals surface area contributed by atoms with E-state index in [2.05, 4.69) is 4.12 Å². The van der Waals surface area contributed by atoms with Gasteiger partial charge in [0.05, 0.1) is 0 Å². The summed E-state index contributed by atoms with van der Waals surface area (Å²) in [5.74, 6) is -1.37. The SMILES string of the molecule is CC(=O)CC(=O)O.[SiH3]O[SiH3]. The second kappa shape index (κ2) is 8.53. The highest BCUT2D eigenvalue weighted by Gasteiger charge is 1.98. The molecule has 0 fully saturated rings. The van der Waals surface area contributed by atoms with E-state index in [-0.39, 0.29) is 12.2 Å². The van der Waals surface area contributed by atoms with Crippen LogP contribution in [0, 0.1) is 0 Å². The first-order chi connectivity index (χ1) is 4.54. The first-order valence-electron chi connectivity index (χ1n) is 2.66. The lowest BCUT2D eigenvalue weighted by molar-refractivity contribution is -0.139. The second-order valence-electron chi connectivity index (χ2n) is 1.68. The molecule has 4 nitrogen and oxygen atoms in total. The number of carboxylic acids is 1. The molecule has 0 amide bonds. The van der Waals surface area contributed by atoms with Crippen LogP contribution in [0.5, 0.6) is 0 Å². The van der Waals surface area contributed by atoms with Crippen molar-refractivity contribution in [2.45, 2.75) is 13.3 Å². The number of carbonyl (C=O) groups excluding carboxylic acids is 1. The van der Waals surface area contributed by atoms with Crippen LogP contribution in [0.4, 0.5) is 0 Å². The molecule has 0 aromatic rings. The molecule has 0 unspecified atom stereocenters. The van der Waals surface area contributed by atoms with Gasteiger partial charge in [-0.3, -0.25) is 9.59 Å². The molecule has 0 heterocycles. The van der Waals surface area contributed by atoms with Crippen LogP contribution in [-0.2, 0) is 13.7 Å². The molecule has 0 radical (unpaired) electrons. The molecule has 6 heteroatoms. The second-order valence-corrected chi connectivity index (χ2v) is 4.95. The predicted molar refractivity (Wildman–Crippen MR) is 43.9 cm³/mol. The Balaban J connectivity index is 0. The summed E-state index contributed by atoms with van der Waals surface area (Å²) in [6, 6.07) is 0. The number of ketones is 1. The number of rotatable bonds is 2. The van der Waals surface area contributed by atoms with Crippen molar-refractivity contribution in [3.05, 3.63) is 0 Å². The molecular formula is C4H12O4Si2. The molecule has 0 bridgehead atoms. The Hall–Kier alpha value is -0.466. The van der Waals surface area contributed by atoms with E-state index in [1.165, 1.54) is 6.92 Å². The molecule has 0 aliphatic heterocycles. The molecule has 0 rings (SSSR count). The quantitative estimate of drug-likeness (QED) is 0.380. The highest BCUT2D eigenvalue weighted by atomic mass is 28.3. The standard InChI is InChI=1S/C4H6O3.H6OSi2/c1-3(5)2-4(6)7;2-1-3/h2H2,1H3,(H,6,7);2-3H3. The van der Waals surface area contributed by atoms with Crippen LogP contribution in [0.25, 0.3) is 0 Å². The summed E-state index contributed by atoms with van der Waals surface area (Å²) in [6.07, 6.45) is -0.361. The first-order valence-corrected chi connectivity index (χ1v) is 4.29. The lowest BCUT2D eigenvalue weighted by Gasteiger charge is -1.80. The largest absolute Gasteiger partial charge is 0.481 e. The normalized spacial score (nSPS) is 8.10. The van der Waals surface area contributed by atoms with Gasteiger partial charge in [0.25, 0.3) is 0 Å². The first kappa shape index (κ1) is 12.2. The molecule has 10 heavy (non-hydrogen) atoms. The van der Waals surface area contributed by atoms with Crippen LogP contribution >= 0.6 is 0 Å². The molecule has 0 spiro atoms. The lowest BCUT2D eigenvalue weighted by atomic mass is 10.3. The van der Waals surface area contributed by atoms with Crippen molar-refractivity contribution in [3.63, 3.8) is 0 Å². The molecule has 0 aliphatic carbocycles. The van der Waals surface area contributed by atoms with Crippen molar-refractivity contribution < 1.29 is 18.8 Å². The summed E-state index contributed by atoms with van der Waals surface area (Å²) < 4.78 is 4.53. The van der Waals surface area contributed by atoms with Gasteiger partial charge in [-0.25, -0.2) is 0 Å².